The van der Waals surface area contributed by atoms with Crippen LogP contribution < -0.4 is 4.74 Å². The number of carboxylic acid groups (broad SMARTS) is 1. The van der Waals surface area contributed by atoms with Crippen molar-refractivity contribution in [3.05, 3.63) is 52.6 Å². The monoisotopic (exact) mass is 270 g/mol. The Balaban J connectivity index is 2.72. The lowest BCUT2D eigenvalue weighted by Crippen LogP contribution is -2.02. The molecule has 0 bridgehead atoms. The highest BCUT2D eigenvalue weighted by Crippen LogP contribution is 2.34. The lowest BCUT2D eigenvalue weighted by Gasteiger charge is -2.14. The Labute approximate surface area is 118 Å². The van der Waals surface area contributed by atoms with Crippen molar-refractivity contribution in [3.8, 4) is 16.9 Å². The molecule has 20 heavy (non-hydrogen) atoms. The van der Waals surface area contributed by atoms with Crippen molar-refractivity contribution >= 4 is 5.97 Å². The summed E-state index contributed by atoms with van der Waals surface area (Å²) in [5.74, 6) is -0.158. The second kappa shape index (κ2) is 5.37. The van der Waals surface area contributed by atoms with Gasteiger partial charge in [-0.3, -0.25) is 0 Å². The normalized spacial score (nSPS) is 10.4. The van der Waals surface area contributed by atoms with E-state index in [2.05, 4.69) is 0 Å². The van der Waals surface area contributed by atoms with Gasteiger partial charge in [0.15, 0.2) is 0 Å². The van der Waals surface area contributed by atoms with E-state index in [4.69, 9.17) is 4.74 Å². The van der Waals surface area contributed by atoms with Crippen LogP contribution >= 0.6 is 0 Å². The van der Waals surface area contributed by atoms with Crippen molar-refractivity contribution in [1.29, 1.82) is 0 Å². The number of aryl methyl sites for hydroxylation is 3. The Morgan fingerprint density at radius 2 is 1.70 bits per heavy atom. The van der Waals surface area contributed by atoms with Crippen LogP contribution in [0.4, 0.5) is 0 Å². The lowest BCUT2D eigenvalue weighted by atomic mass is 9.93. The minimum atomic E-state index is -0.907. The van der Waals surface area contributed by atoms with Gasteiger partial charge in [-0.1, -0.05) is 17.7 Å². The molecule has 0 aliphatic heterocycles. The summed E-state index contributed by atoms with van der Waals surface area (Å²) < 4.78 is 5.39. The summed E-state index contributed by atoms with van der Waals surface area (Å²) in [5.41, 5.74) is 5.06. The van der Waals surface area contributed by atoms with E-state index in [1.807, 2.05) is 45.0 Å². The number of aromatic carboxylic acids is 1. The molecule has 0 unspecified atom stereocenters. The van der Waals surface area contributed by atoms with Gasteiger partial charge in [0.2, 0.25) is 0 Å². The first kappa shape index (κ1) is 14.1. The lowest BCUT2D eigenvalue weighted by molar-refractivity contribution is 0.0696. The van der Waals surface area contributed by atoms with Crippen molar-refractivity contribution < 1.29 is 14.6 Å². The van der Waals surface area contributed by atoms with E-state index >= 15 is 0 Å². The third-order valence-corrected chi connectivity index (χ3v) is 3.45. The molecule has 3 nitrogen and oxygen atoms in total. The second-order valence-electron chi connectivity index (χ2n) is 4.99. The first-order valence-electron chi connectivity index (χ1n) is 6.43. The van der Waals surface area contributed by atoms with Gasteiger partial charge in [-0.15, -0.1) is 0 Å². The molecule has 1 N–H and O–H groups in total. The summed E-state index contributed by atoms with van der Waals surface area (Å²) >= 11 is 0. The zero-order valence-corrected chi connectivity index (χ0v) is 12.2. The van der Waals surface area contributed by atoms with Crippen molar-refractivity contribution in [2.24, 2.45) is 0 Å². The average Bonchev–Trinajstić information content (AvgIpc) is 2.38. The second-order valence-corrected chi connectivity index (χ2v) is 4.99. The Morgan fingerprint density at radius 1 is 1.00 bits per heavy atom. The number of carboxylic acids is 1. The number of methoxy groups -OCH3 is 1. The summed E-state index contributed by atoms with van der Waals surface area (Å²) in [6.45, 7) is 5.80. The first-order valence-corrected chi connectivity index (χ1v) is 6.43. The molecule has 0 amide bonds. The van der Waals surface area contributed by atoms with Crippen LogP contribution in [0.2, 0.25) is 0 Å². The van der Waals surface area contributed by atoms with Gasteiger partial charge in [0.05, 0.1) is 12.7 Å². The maximum atomic E-state index is 11.3. The molecule has 0 aromatic heterocycles. The molecule has 0 radical (unpaired) electrons. The highest BCUT2D eigenvalue weighted by atomic mass is 16.5. The van der Waals surface area contributed by atoms with E-state index < -0.39 is 5.97 Å². The summed E-state index contributed by atoms with van der Waals surface area (Å²) in [6.07, 6.45) is 0. The van der Waals surface area contributed by atoms with E-state index in [1.165, 1.54) is 0 Å². The van der Waals surface area contributed by atoms with Crippen LogP contribution in [-0.2, 0) is 0 Å². The quantitative estimate of drug-likeness (QED) is 0.917. The Morgan fingerprint density at radius 3 is 2.30 bits per heavy atom. The zero-order chi connectivity index (χ0) is 14.9. The minimum absolute atomic E-state index is 0.328. The van der Waals surface area contributed by atoms with Gasteiger partial charge in [0, 0.05) is 5.56 Å². The molecule has 0 saturated heterocycles. The number of benzene rings is 2. The topological polar surface area (TPSA) is 46.5 Å². The van der Waals surface area contributed by atoms with Gasteiger partial charge < -0.3 is 9.84 Å². The van der Waals surface area contributed by atoms with Crippen molar-refractivity contribution in [2.75, 3.05) is 7.11 Å². The Kier molecular flexibility index (Phi) is 3.79. The van der Waals surface area contributed by atoms with E-state index in [0.29, 0.717) is 5.56 Å². The maximum absolute atomic E-state index is 11.3. The summed E-state index contributed by atoms with van der Waals surface area (Å²) in [4.78, 5) is 11.3. The first-order chi connectivity index (χ1) is 9.43. The predicted molar refractivity (Wildman–Crippen MR) is 79.6 cm³/mol. The van der Waals surface area contributed by atoms with Crippen LogP contribution in [0.25, 0.3) is 11.1 Å². The van der Waals surface area contributed by atoms with Crippen molar-refractivity contribution in [3.63, 3.8) is 0 Å². The standard InChI is InChI=1S/C17H18O3/c1-10-5-6-16(20-4)15(7-10)13-9-14(17(18)19)12(3)8-11(13)2/h5-9H,1-4H3,(H,18,19). The van der Waals surface area contributed by atoms with Crippen LogP contribution in [0.1, 0.15) is 27.0 Å². The molecular weight excluding hydrogens is 252 g/mol. The highest BCUT2D eigenvalue weighted by molar-refractivity contribution is 5.92. The largest absolute Gasteiger partial charge is 0.496 e. The molecule has 0 saturated carbocycles. The molecule has 0 aliphatic rings. The van der Waals surface area contributed by atoms with Gasteiger partial charge in [-0.2, -0.15) is 0 Å². The smallest absolute Gasteiger partial charge is 0.335 e. The summed E-state index contributed by atoms with van der Waals surface area (Å²) in [6, 6.07) is 9.53. The summed E-state index contributed by atoms with van der Waals surface area (Å²) in [7, 11) is 1.62. The van der Waals surface area contributed by atoms with Gasteiger partial charge in [0.25, 0.3) is 0 Å². The fraction of sp³-hybridized carbons (Fsp3) is 0.235. The minimum Gasteiger partial charge on any atom is -0.496 e. The highest BCUT2D eigenvalue weighted by Gasteiger charge is 2.14. The number of rotatable bonds is 3. The average molecular weight is 270 g/mol. The van der Waals surface area contributed by atoms with E-state index in [-0.39, 0.29) is 0 Å². The number of hydrogen-bond acceptors (Lipinski definition) is 2. The van der Waals surface area contributed by atoms with E-state index in [1.54, 1.807) is 13.2 Å². The molecule has 104 valence electrons. The van der Waals surface area contributed by atoms with Gasteiger partial charge in [-0.05, 0) is 55.7 Å². The third kappa shape index (κ3) is 2.52. The van der Waals surface area contributed by atoms with Crippen LogP contribution in [0.5, 0.6) is 5.75 Å². The third-order valence-electron chi connectivity index (χ3n) is 3.45. The van der Waals surface area contributed by atoms with Gasteiger partial charge in [0.1, 0.15) is 5.75 Å². The van der Waals surface area contributed by atoms with Crippen LogP contribution in [0.3, 0.4) is 0 Å². The molecular formula is C17H18O3. The number of carbonyl (C=O) groups is 1. The molecule has 0 fully saturated rings. The number of ether oxygens (including phenoxy) is 1. The molecule has 2 aromatic rings. The zero-order valence-electron chi connectivity index (χ0n) is 12.2. The van der Waals surface area contributed by atoms with Crippen LogP contribution in [-0.4, -0.2) is 18.2 Å². The molecule has 2 rings (SSSR count). The van der Waals surface area contributed by atoms with E-state index in [9.17, 15) is 9.90 Å². The molecule has 3 heteroatoms. The fourth-order valence-electron chi connectivity index (χ4n) is 2.41. The Bertz CT molecular complexity index is 672. The molecule has 0 heterocycles. The van der Waals surface area contributed by atoms with Crippen LogP contribution in [0, 0.1) is 20.8 Å². The number of hydrogen-bond donors (Lipinski definition) is 1. The molecule has 0 atom stereocenters. The Hall–Kier alpha value is -2.29. The molecule has 0 aliphatic carbocycles. The van der Waals surface area contributed by atoms with Crippen molar-refractivity contribution in [1.82, 2.24) is 0 Å². The maximum Gasteiger partial charge on any atom is 0.335 e. The van der Waals surface area contributed by atoms with Gasteiger partial charge >= 0.3 is 5.97 Å². The van der Waals surface area contributed by atoms with Gasteiger partial charge in [-0.25, -0.2) is 4.79 Å². The summed E-state index contributed by atoms with van der Waals surface area (Å²) in [5, 5.41) is 9.28. The SMILES string of the molecule is COc1ccc(C)cc1-c1cc(C(=O)O)c(C)cc1C. The van der Waals surface area contributed by atoms with Crippen LogP contribution in [0.15, 0.2) is 30.3 Å². The van der Waals surface area contributed by atoms with E-state index in [0.717, 1.165) is 33.6 Å². The molecule has 2 aromatic carbocycles. The molecule has 0 spiro atoms. The predicted octanol–water partition coefficient (Wildman–Crippen LogP) is 3.99. The van der Waals surface area contributed by atoms with Crippen molar-refractivity contribution in [2.45, 2.75) is 20.8 Å². The fourth-order valence-corrected chi connectivity index (χ4v) is 2.41.